The van der Waals surface area contributed by atoms with E-state index in [1.54, 1.807) is 12.3 Å². The lowest BCUT2D eigenvalue weighted by Crippen LogP contribution is -2.08. The molecule has 0 saturated carbocycles. The molecule has 0 amide bonds. The molecule has 0 aliphatic carbocycles. The topological polar surface area (TPSA) is 50.9 Å². The zero-order valence-corrected chi connectivity index (χ0v) is 9.52. The number of nitrogen functional groups attached to an aromatic ring is 1. The van der Waals surface area contributed by atoms with Crippen molar-refractivity contribution in [3.8, 4) is 0 Å². The smallest absolute Gasteiger partial charge is 0.127 e. The van der Waals surface area contributed by atoms with Crippen molar-refractivity contribution in [1.29, 1.82) is 0 Å². The van der Waals surface area contributed by atoms with E-state index in [-0.39, 0.29) is 11.9 Å². The maximum atomic E-state index is 13.1. The maximum Gasteiger partial charge on any atom is 0.127 e. The number of nitrogens with one attached hydrogen (secondary N) is 1. The third-order valence-corrected chi connectivity index (χ3v) is 2.43. The Hall–Kier alpha value is -2.10. The van der Waals surface area contributed by atoms with E-state index in [1.807, 2.05) is 25.1 Å². The van der Waals surface area contributed by atoms with Crippen LogP contribution in [0.3, 0.4) is 0 Å². The number of halogens is 1. The first-order chi connectivity index (χ1) is 8.15. The van der Waals surface area contributed by atoms with Crippen molar-refractivity contribution in [2.45, 2.75) is 13.0 Å². The Balaban J connectivity index is 2.16. The number of nitrogens with two attached hydrogens (primary N) is 1. The number of nitrogens with zero attached hydrogens (tertiary/aromatic N) is 1. The minimum atomic E-state index is -0.347. The van der Waals surface area contributed by atoms with Crippen molar-refractivity contribution >= 4 is 11.4 Å². The first-order valence-corrected chi connectivity index (χ1v) is 5.38. The molecule has 17 heavy (non-hydrogen) atoms. The van der Waals surface area contributed by atoms with E-state index in [2.05, 4.69) is 10.3 Å². The summed E-state index contributed by atoms with van der Waals surface area (Å²) in [5, 5.41) is 3.16. The van der Waals surface area contributed by atoms with Gasteiger partial charge in [-0.3, -0.25) is 4.98 Å². The zero-order valence-electron chi connectivity index (χ0n) is 9.52. The van der Waals surface area contributed by atoms with Crippen molar-refractivity contribution < 1.29 is 4.39 Å². The van der Waals surface area contributed by atoms with Crippen LogP contribution in [0.25, 0.3) is 0 Å². The van der Waals surface area contributed by atoms with Crippen LogP contribution in [-0.2, 0) is 0 Å². The molecular weight excluding hydrogens is 217 g/mol. The predicted octanol–water partition coefficient (Wildman–Crippen LogP) is 2.98. The molecule has 2 aromatic rings. The molecule has 3 N–H and O–H groups in total. The minimum absolute atomic E-state index is 0.00241. The summed E-state index contributed by atoms with van der Waals surface area (Å²) in [5.74, 6) is -0.347. The lowest BCUT2D eigenvalue weighted by molar-refractivity contribution is 0.628. The van der Waals surface area contributed by atoms with Crippen LogP contribution >= 0.6 is 0 Å². The van der Waals surface area contributed by atoms with Gasteiger partial charge in [0.15, 0.2) is 0 Å². The van der Waals surface area contributed by atoms with Crippen molar-refractivity contribution in [2.75, 3.05) is 11.1 Å². The number of benzene rings is 1. The van der Waals surface area contributed by atoms with Gasteiger partial charge >= 0.3 is 0 Å². The highest BCUT2D eigenvalue weighted by Gasteiger charge is 2.07. The average molecular weight is 231 g/mol. The quantitative estimate of drug-likeness (QED) is 0.798. The van der Waals surface area contributed by atoms with Crippen LogP contribution in [0, 0.1) is 5.82 Å². The van der Waals surface area contributed by atoms with Crippen molar-refractivity contribution in [2.24, 2.45) is 0 Å². The van der Waals surface area contributed by atoms with Gasteiger partial charge in [-0.2, -0.15) is 0 Å². The minimum Gasteiger partial charge on any atom is -0.399 e. The number of pyridine rings is 1. The van der Waals surface area contributed by atoms with E-state index in [1.165, 1.54) is 12.1 Å². The van der Waals surface area contributed by atoms with E-state index in [0.29, 0.717) is 11.4 Å². The van der Waals surface area contributed by atoms with Gasteiger partial charge in [0.2, 0.25) is 0 Å². The van der Waals surface area contributed by atoms with E-state index >= 15 is 0 Å². The van der Waals surface area contributed by atoms with Gasteiger partial charge in [0.1, 0.15) is 5.82 Å². The van der Waals surface area contributed by atoms with Crippen LogP contribution < -0.4 is 11.1 Å². The lowest BCUT2D eigenvalue weighted by atomic mass is 10.2. The first-order valence-electron chi connectivity index (χ1n) is 5.38. The maximum absolute atomic E-state index is 13.1. The van der Waals surface area contributed by atoms with E-state index in [0.717, 1.165) is 5.69 Å². The SMILES string of the molecule is CC(Nc1cc(N)cc(F)c1)c1ccccn1. The van der Waals surface area contributed by atoms with E-state index in [4.69, 9.17) is 5.73 Å². The summed E-state index contributed by atoms with van der Waals surface area (Å²) >= 11 is 0. The molecule has 0 radical (unpaired) electrons. The molecule has 0 saturated heterocycles. The molecule has 1 aromatic carbocycles. The van der Waals surface area contributed by atoms with Gasteiger partial charge in [-0.25, -0.2) is 4.39 Å². The molecule has 1 heterocycles. The highest BCUT2D eigenvalue weighted by atomic mass is 19.1. The molecule has 1 unspecified atom stereocenters. The van der Waals surface area contributed by atoms with Gasteiger partial charge < -0.3 is 11.1 Å². The van der Waals surface area contributed by atoms with Gasteiger partial charge in [0, 0.05) is 17.6 Å². The normalized spacial score (nSPS) is 12.1. The summed E-state index contributed by atoms with van der Waals surface area (Å²) < 4.78 is 13.1. The van der Waals surface area contributed by atoms with Gasteiger partial charge in [-0.15, -0.1) is 0 Å². The largest absolute Gasteiger partial charge is 0.399 e. The van der Waals surface area contributed by atoms with Gasteiger partial charge in [0.05, 0.1) is 11.7 Å². The lowest BCUT2D eigenvalue weighted by Gasteiger charge is -2.15. The summed E-state index contributed by atoms with van der Waals surface area (Å²) in [4.78, 5) is 4.23. The summed E-state index contributed by atoms with van der Waals surface area (Å²) in [5.41, 5.74) is 7.53. The number of hydrogen-bond donors (Lipinski definition) is 2. The van der Waals surface area contributed by atoms with Crippen molar-refractivity contribution in [3.05, 3.63) is 54.1 Å². The Morgan fingerprint density at radius 3 is 2.76 bits per heavy atom. The number of anilines is 2. The number of rotatable bonds is 3. The standard InChI is InChI=1S/C13H14FN3/c1-9(13-4-2-3-5-16-13)17-12-7-10(14)6-11(15)8-12/h2-9,17H,15H2,1H3. The summed E-state index contributed by atoms with van der Waals surface area (Å²) in [6, 6.07) is 10.1. The second kappa shape index (κ2) is 4.82. The predicted molar refractivity (Wildman–Crippen MR) is 67.1 cm³/mol. The van der Waals surface area contributed by atoms with Crippen LogP contribution in [0.5, 0.6) is 0 Å². The molecule has 3 nitrogen and oxygen atoms in total. The highest BCUT2D eigenvalue weighted by molar-refractivity contribution is 5.55. The molecule has 4 heteroatoms. The number of aromatic nitrogens is 1. The third-order valence-electron chi connectivity index (χ3n) is 2.43. The Morgan fingerprint density at radius 2 is 2.12 bits per heavy atom. The summed E-state index contributed by atoms with van der Waals surface area (Å²) in [6.07, 6.45) is 1.73. The van der Waals surface area contributed by atoms with Crippen LogP contribution in [0.1, 0.15) is 18.7 Å². The van der Waals surface area contributed by atoms with Crippen LogP contribution in [0.4, 0.5) is 15.8 Å². The monoisotopic (exact) mass is 231 g/mol. The fourth-order valence-electron chi connectivity index (χ4n) is 1.65. The second-order valence-corrected chi connectivity index (χ2v) is 3.89. The van der Waals surface area contributed by atoms with E-state index in [9.17, 15) is 4.39 Å². The Kier molecular flexibility index (Phi) is 3.23. The summed E-state index contributed by atoms with van der Waals surface area (Å²) in [6.45, 7) is 1.96. The molecule has 1 atom stereocenters. The Labute approximate surface area is 99.5 Å². The van der Waals surface area contributed by atoms with Crippen molar-refractivity contribution in [3.63, 3.8) is 0 Å². The molecule has 0 spiro atoms. The molecule has 1 aromatic heterocycles. The highest BCUT2D eigenvalue weighted by Crippen LogP contribution is 2.20. The first kappa shape index (κ1) is 11.4. The molecule has 0 aliphatic heterocycles. The second-order valence-electron chi connectivity index (χ2n) is 3.89. The van der Waals surface area contributed by atoms with Gasteiger partial charge in [-0.1, -0.05) is 6.07 Å². The average Bonchev–Trinajstić information content (AvgIpc) is 2.28. The zero-order chi connectivity index (χ0) is 12.3. The summed E-state index contributed by atoms with van der Waals surface area (Å²) in [7, 11) is 0. The van der Waals surface area contributed by atoms with Crippen LogP contribution in [0.15, 0.2) is 42.6 Å². The fourth-order valence-corrected chi connectivity index (χ4v) is 1.65. The molecule has 0 fully saturated rings. The van der Waals surface area contributed by atoms with Crippen LogP contribution in [-0.4, -0.2) is 4.98 Å². The third kappa shape index (κ3) is 2.93. The van der Waals surface area contributed by atoms with Gasteiger partial charge in [0.25, 0.3) is 0 Å². The fraction of sp³-hybridized carbons (Fsp3) is 0.154. The molecule has 2 rings (SSSR count). The van der Waals surface area contributed by atoms with E-state index < -0.39 is 0 Å². The molecule has 0 aliphatic rings. The van der Waals surface area contributed by atoms with Crippen LogP contribution in [0.2, 0.25) is 0 Å². The Morgan fingerprint density at radius 1 is 1.29 bits per heavy atom. The Bertz CT molecular complexity index is 479. The molecule has 88 valence electrons. The molecular formula is C13H14FN3. The number of hydrogen-bond acceptors (Lipinski definition) is 3. The molecule has 0 bridgehead atoms. The van der Waals surface area contributed by atoms with Gasteiger partial charge in [-0.05, 0) is 37.3 Å². The van der Waals surface area contributed by atoms with Crippen molar-refractivity contribution in [1.82, 2.24) is 4.98 Å².